The van der Waals surface area contributed by atoms with Gasteiger partial charge >= 0.3 is 0 Å². The SMILES string of the molecule is COc1ccccc1NC(C)c1c(C)cc(C)nc1C. The van der Waals surface area contributed by atoms with Crippen LogP contribution in [0, 0.1) is 20.8 Å². The zero-order valence-electron chi connectivity index (χ0n) is 12.8. The molecule has 1 atom stereocenters. The Morgan fingerprint density at radius 3 is 2.50 bits per heavy atom. The maximum absolute atomic E-state index is 5.38. The number of aryl methyl sites for hydroxylation is 3. The van der Waals surface area contributed by atoms with E-state index >= 15 is 0 Å². The first-order valence-corrected chi connectivity index (χ1v) is 6.87. The number of nitrogens with zero attached hydrogens (tertiary/aromatic N) is 1. The molecule has 1 heterocycles. The highest BCUT2D eigenvalue weighted by Crippen LogP contribution is 2.29. The number of ether oxygens (including phenoxy) is 1. The quantitative estimate of drug-likeness (QED) is 0.904. The van der Waals surface area contributed by atoms with Crippen LogP contribution in [0.4, 0.5) is 5.69 Å². The molecule has 2 rings (SSSR count). The van der Waals surface area contributed by atoms with Gasteiger partial charge in [-0.05, 0) is 57.0 Å². The highest BCUT2D eigenvalue weighted by molar-refractivity contribution is 5.57. The van der Waals surface area contributed by atoms with E-state index in [0.717, 1.165) is 22.8 Å². The van der Waals surface area contributed by atoms with Crippen LogP contribution in [0.1, 0.15) is 35.5 Å². The Morgan fingerprint density at radius 1 is 1.15 bits per heavy atom. The summed E-state index contributed by atoms with van der Waals surface area (Å²) in [7, 11) is 1.69. The largest absolute Gasteiger partial charge is 0.495 e. The van der Waals surface area contributed by atoms with Crippen molar-refractivity contribution in [3.8, 4) is 5.75 Å². The number of benzene rings is 1. The summed E-state index contributed by atoms with van der Waals surface area (Å²) >= 11 is 0. The number of methoxy groups -OCH3 is 1. The summed E-state index contributed by atoms with van der Waals surface area (Å²) < 4.78 is 5.38. The van der Waals surface area contributed by atoms with Crippen LogP contribution < -0.4 is 10.1 Å². The molecule has 0 bridgehead atoms. The molecule has 3 heteroatoms. The standard InChI is InChI=1S/C17H22N2O/c1-11-10-12(2)18-13(3)17(11)14(4)19-15-8-6-7-9-16(15)20-5/h6-10,14,19H,1-5H3. The van der Waals surface area contributed by atoms with Crippen LogP contribution in [0.5, 0.6) is 5.75 Å². The molecule has 3 nitrogen and oxygen atoms in total. The van der Waals surface area contributed by atoms with Crippen molar-refractivity contribution in [2.45, 2.75) is 33.7 Å². The zero-order valence-corrected chi connectivity index (χ0v) is 12.8. The lowest BCUT2D eigenvalue weighted by molar-refractivity contribution is 0.416. The summed E-state index contributed by atoms with van der Waals surface area (Å²) in [6.07, 6.45) is 0. The van der Waals surface area contributed by atoms with Crippen molar-refractivity contribution >= 4 is 5.69 Å². The van der Waals surface area contributed by atoms with Crippen molar-refractivity contribution in [3.05, 3.63) is 52.8 Å². The fourth-order valence-electron chi connectivity index (χ4n) is 2.76. The van der Waals surface area contributed by atoms with E-state index in [1.165, 1.54) is 11.1 Å². The summed E-state index contributed by atoms with van der Waals surface area (Å²) in [6.45, 7) is 8.38. The third-order valence-corrected chi connectivity index (χ3v) is 3.50. The van der Waals surface area contributed by atoms with Crippen LogP contribution in [-0.2, 0) is 0 Å². The molecule has 0 spiro atoms. The molecule has 20 heavy (non-hydrogen) atoms. The van der Waals surface area contributed by atoms with Gasteiger partial charge in [0.05, 0.1) is 18.8 Å². The predicted molar refractivity (Wildman–Crippen MR) is 83.5 cm³/mol. The van der Waals surface area contributed by atoms with E-state index in [4.69, 9.17) is 4.74 Å². The van der Waals surface area contributed by atoms with E-state index in [1.807, 2.05) is 31.2 Å². The molecule has 1 aromatic carbocycles. The Balaban J connectivity index is 2.31. The lowest BCUT2D eigenvalue weighted by Gasteiger charge is -2.21. The van der Waals surface area contributed by atoms with Gasteiger partial charge in [-0.25, -0.2) is 0 Å². The highest BCUT2D eigenvalue weighted by Gasteiger charge is 2.14. The molecule has 0 saturated carbocycles. The normalized spacial score (nSPS) is 12.1. The third kappa shape index (κ3) is 2.93. The van der Waals surface area contributed by atoms with Gasteiger partial charge in [-0.2, -0.15) is 0 Å². The number of rotatable bonds is 4. The molecular formula is C17H22N2O. The third-order valence-electron chi connectivity index (χ3n) is 3.50. The molecule has 1 unspecified atom stereocenters. The first kappa shape index (κ1) is 14.4. The first-order chi connectivity index (χ1) is 9.52. The van der Waals surface area contributed by atoms with Crippen molar-refractivity contribution < 1.29 is 4.74 Å². The van der Waals surface area contributed by atoms with Gasteiger partial charge in [0.15, 0.2) is 0 Å². The van der Waals surface area contributed by atoms with Crippen LogP contribution >= 0.6 is 0 Å². The Labute approximate surface area is 121 Å². The number of para-hydroxylation sites is 2. The van der Waals surface area contributed by atoms with Gasteiger partial charge in [-0.3, -0.25) is 4.98 Å². The Morgan fingerprint density at radius 2 is 1.85 bits per heavy atom. The first-order valence-electron chi connectivity index (χ1n) is 6.87. The number of aromatic nitrogens is 1. The second-order valence-corrected chi connectivity index (χ2v) is 5.15. The Hall–Kier alpha value is -2.03. The molecule has 2 aromatic rings. The Kier molecular flexibility index (Phi) is 4.28. The fraction of sp³-hybridized carbons (Fsp3) is 0.353. The molecular weight excluding hydrogens is 248 g/mol. The van der Waals surface area contributed by atoms with Crippen LogP contribution in [-0.4, -0.2) is 12.1 Å². The number of hydrogen-bond donors (Lipinski definition) is 1. The van der Waals surface area contributed by atoms with Crippen LogP contribution in [0.2, 0.25) is 0 Å². The smallest absolute Gasteiger partial charge is 0.141 e. The monoisotopic (exact) mass is 270 g/mol. The molecule has 1 aromatic heterocycles. The molecule has 0 aliphatic carbocycles. The maximum Gasteiger partial charge on any atom is 0.141 e. The minimum Gasteiger partial charge on any atom is -0.495 e. The van der Waals surface area contributed by atoms with Crippen molar-refractivity contribution in [1.82, 2.24) is 4.98 Å². The van der Waals surface area contributed by atoms with Gasteiger partial charge in [-0.15, -0.1) is 0 Å². The highest BCUT2D eigenvalue weighted by atomic mass is 16.5. The average molecular weight is 270 g/mol. The van der Waals surface area contributed by atoms with Gasteiger partial charge in [-0.1, -0.05) is 12.1 Å². The molecule has 0 amide bonds. The summed E-state index contributed by atoms with van der Waals surface area (Å²) in [4.78, 5) is 4.57. The predicted octanol–water partition coefficient (Wildman–Crippen LogP) is 4.19. The minimum absolute atomic E-state index is 0.180. The van der Waals surface area contributed by atoms with Crippen LogP contribution in [0.25, 0.3) is 0 Å². The van der Waals surface area contributed by atoms with E-state index in [-0.39, 0.29) is 6.04 Å². The Bertz CT molecular complexity index is 585. The van der Waals surface area contributed by atoms with Crippen molar-refractivity contribution in [2.24, 2.45) is 0 Å². The average Bonchev–Trinajstić information content (AvgIpc) is 2.38. The van der Waals surface area contributed by atoms with Crippen LogP contribution in [0.15, 0.2) is 30.3 Å². The van der Waals surface area contributed by atoms with Crippen LogP contribution in [0.3, 0.4) is 0 Å². The summed E-state index contributed by atoms with van der Waals surface area (Å²) in [5.74, 6) is 0.856. The van der Waals surface area contributed by atoms with Gasteiger partial charge in [0, 0.05) is 11.4 Å². The van der Waals surface area contributed by atoms with E-state index < -0.39 is 0 Å². The lowest BCUT2D eigenvalue weighted by Crippen LogP contribution is -2.12. The topological polar surface area (TPSA) is 34.1 Å². The molecule has 106 valence electrons. The number of hydrogen-bond acceptors (Lipinski definition) is 3. The van der Waals surface area contributed by atoms with Crippen molar-refractivity contribution in [3.63, 3.8) is 0 Å². The molecule has 0 aliphatic rings. The van der Waals surface area contributed by atoms with E-state index in [1.54, 1.807) is 7.11 Å². The maximum atomic E-state index is 5.38. The summed E-state index contributed by atoms with van der Waals surface area (Å²) in [6, 6.07) is 10.3. The van der Waals surface area contributed by atoms with E-state index in [0.29, 0.717) is 0 Å². The minimum atomic E-state index is 0.180. The second kappa shape index (κ2) is 5.95. The molecule has 0 radical (unpaired) electrons. The summed E-state index contributed by atoms with van der Waals surface area (Å²) in [5.41, 5.74) is 5.67. The van der Waals surface area contributed by atoms with Gasteiger partial charge < -0.3 is 10.1 Å². The molecule has 0 fully saturated rings. The fourth-order valence-corrected chi connectivity index (χ4v) is 2.76. The molecule has 0 aliphatic heterocycles. The van der Waals surface area contributed by atoms with Crippen molar-refractivity contribution in [1.29, 1.82) is 0 Å². The van der Waals surface area contributed by atoms with Gasteiger partial charge in [0.2, 0.25) is 0 Å². The van der Waals surface area contributed by atoms with E-state index in [9.17, 15) is 0 Å². The molecule has 1 N–H and O–H groups in total. The van der Waals surface area contributed by atoms with E-state index in [2.05, 4.69) is 37.1 Å². The number of anilines is 1. The molecule has 0 saturated heterocycles. The lowest BCUT2D eigenvalue weighted by atomic mass is 10.00. The number of nitrogens with one attached hydrogen (secondary N) is 1. The zero-order chi connectivity index (χ0) is 14.7. The number of pyridine rings is 1. The second-order valence-electron chi connectivity index (χ2n) is 5.15. The van der Waals surface area contributed by atoms with Gasteiger partial charge in [0.1, 0.15) is 5.75 Å². The summed E-state index contributed by atoms with van der Waals surface area (Å²) in [5, 5.41) is 3.51. The van der Waals surface area contributed by atoms with Crippen molar-refractivity contribution in [2.75, 3.05) is 12.4 Å². The van der Waals surface area contributed by atoms with Gasteiger partial charge in [0.25, 0.3) is 0 Å².